The van der Waals surface area contributed by atoms with E-state index in [1.807, 2.05) is 0 Å². The first-order valence-corrected chi connectivity index (χ1v) is 22.0. The van der Waals surface area contributed by atoms with Crippen molar-refractivity contribution in [1.82, 2.24) is 0 Å². The standard InChI is InChI=1S/C14H30Cl6Si3/c1-3-5-9-21(10-6-4-2,11-7-13-22(15,16)17)12-8-14-23(18,19)20/h3-14H2,1-2H3. The Morgan fingerprint density at radius 1 is 0.478 bits per heavy atom. The van der Waals surface area contributed by atoms with E-state index in [1.165, 1.54) is 49.9 Å². The topological polar surface area (TPSA) is 0 Å². The van der Waals surface area contributed by atoms with Crippen molar-refractivity contribution >= 4 is 86.6 Å². The first-order chi connectivity index (χ1) is 10.5. The molecule has 0 rings (SSSR count). The monoisotopic (exact) mass is 492 g/mol. The second-order valence-electron chi connectivity index (χ2n) is 6.64. The van der Waals surface area contributed by atoms with Gasteiger partial charge < -0.3 is 0 Å². The summed E-state index contributed by atoms with van der Waals surface area (Å²) in [5, 5.41) is 0. The second-order valence-corrected chi connectivity index (χ2v) is 30.2. The van der Waals surface area contributed by atoms with E-state index in [4.69, 9.17) is 66.5 Å². The molecule has 0 bridgehead atoms. The van der Waals surface area contributed by atoms with Gasteiger partial charge in [-0.25, -0.2) is 0 Å². The van der Waals surface area contributed by atoms with Crippen molar-refractivity contribution in [2.75, 3.05) is 0 Å². The number of unbranched alkanes of at least 4 members (excludes halogenated alkanes) is 2. The molecule has 0 aliphatic carbocycles. The average Bonchev–Trinajstić information content (AvgIpc) is 2.39. The number of hydrogen-bond donors (Lipinski definition) is 0. The molecule has 0 aromatic carbocycles. The Balaban J connectivity index is 4.77. The van der Waals surface area contributed by atoms with Gasteiger partial charge in [-0.3, -0.25) is 0 Å². The molecule has 0 fully saturated rings. The van der Waals surface area contributed by atoms with Crippen LogP contribution in [0.25, 0.3) is 0 Å². The second kappa shape index (κ2) is 12.7. The molecular formula is C14H30Cl6Si3. The highest BCUT2D eigenvalue weighted by Gasteiger charge is 2.34. The highest BCUT2D eigenvalue weighted by molar-refractivity contribution is 7.65. The molecule has 0 aromatic rings. The maximum atomic E-state index is 6.07. The van der Waals surface area contributed by atoms with Crippen LogP contribution in [0.4, 0.5) is 0 Å². The van der Waals surface area contributed by atoms with Crippen molar-refractivity contribution in [1.29, 1.82) is 0 Å². The van der Waals surface area contributed by atoms with Gasteiger partial charge in [-0.15, -0.1) is 66.5 Å². The lowest BCUT2D eigenvalue weighted by Gasteiger charge is -2.33. The maximum absolute atomic E-state index is 6.07. The Bertz CT molecular complexity index is 274. The fourth-order valence-electron chi connectivity index (χ4n) is 3.18. The zero-order valence-corrected chi connectivity index (χ0v) is 21.8. The molecule has 0 unspecified atom stereocenters. The van der Waals surface area contributed by atoms with Crippen molar-refractivity contribution in [3.63, 3.8) is 0 Å². The molecule has 0 spiro atoms. The van der Waals surface area contributed by atoms with Crippen LogP contribution in [0, 0.1) is 0 Å². The summed E-state index contributed by atoms with van der Waals surface area (Å²) >= 11 is 36.4. The van der Waals surface area contributed by atoms with Gasteiger partial charge >= 0.3 is 12.0 Å². The molecule has 0 aliphatic rings. The van der Waals surface area contributed by atoms with Crippen LogP contribution in [0.2, 0.25) is 36.3 Å². The summed E-state index contributed by atoms with van der Waals surface area (Å²) in [6, 6.07) is 1.88. The van der Waals surface area contributed by atoms with E-state index in [0.717, 1.165) is 24.9 Å². The summed E-state index contributed by atoms with van der Waals surface area (Å²) in [5.41, 5.74) is 0. The van der Waals surface area contributed by atoms with Gasteiger partial charge in [-0.1, -0.05) is 76.5 Å². The molecule has 0 N–H and O–H groups in total. The highest BCUT2D eigenvalue weighted by atomic mass is 35.8. The fraction of sp³-hybridized carbons (Fsp3) is 1.00. The zero-order chi connectivity index (χ0) is 18.0. The van der Waals surface area contributed by atoms with E-state index in [9.17, 15) is 0 Å². The predicted octanol–water partition coefficient (Wildman–Crippen LogP) is 9.13. The third-order valence-electron chi connectivity index (χ3n) is 4.46. The molecule has 0 heterocycles. The molecular weight excluding hydrogens is 465 g/mol. The normalized spacial score (nSPS) is 13.6. The summed E-state index contributed by atoms with van der Waals surface area (Å²) < 4.78 is 0. The minimum absolute atomic E-state index is 0.782. The molecule has 0 aromatic heterocycles. The summed E-state index contributed by atoms with van der Waals surface area (Å²) in [7, 11) is -1.34. The molecule has 0 radical (unpaired) electrons. The Kier molecular flexibility index (Phi) is 14.0. The largest absolute Gasteiger partial charge is 0.341 e. The summed E-state index contributed by atoms with van der Waals surface area (Å²) in [4.78, 5) is 0. The number of hydrogen-bond acceptors (Lipinski definition) is 0. The Labute approximate surface area is 174 Å². The summed E-state index contributed by atoms with van der Waals surface area (Å²) in [6.45, 7) is 4.53. The predicted molar refractivity (Wildman–Crippen MR) is 120 cm³/mol. The Hall–Kier alpha value is 2.39. The minimum Gasteiger partial charge on any atom is -0.126 e. The molecule has 0 saturated heterocycles. The van der Waals surface area contributed by atoms with Crippen molar-refractivity contribution in [2.24, 2.45) is 0 Å². The molecule has 0 amide bonds. The summed E-state index contributed by atoms with van der Waals surface area (Å²) in [5.74, 6) is 0. The molecule has 0 aliphatic heterocycles. The van der Waals surface area contributed by atoms with Gasteiger partial charge in [-0.2, -0.15) is 0 Å². The lowest BCUT2D eigenvalue weighted by Crippen LogP contribution is -2.34. The van der Waals surface area contributed by atoms with Crippen LogP contribution < -0.4 is 0 Å². The van der Waals surface area contributed by atoms with Crippen LogP contribution in [0.15, 0.2) is 0 Å². The van der Waals surface area contributed by atoms with Crippen LogP contribution in [-0.4, -0.2) is 20.1 Å². The Morgan fingerprint density at radius 3 is 1.04 bits per heavy atom. The maximum Gasteiger partial charge on any atom is 0.341 e. The van der Waals surface area contributed by atoms with Gasteiger partial charge in [0.15, 0.2) is 0 Å². The number of rotatable bonds is 14. The van der Waals surface area contributed by atoms with Crippen molar-refractivity contribution in [3.05, 3.63) is 0 Å². The lowest BCUT2D eigenvalue weighted by molar-refractivity contribution is 0.795. The number of halogens is 6. The van der Waals surface area contributed by atoms with Gasteiger partial charge in [0.2, 0.25) is 0 Å². The molecule has 0 atom stereocenters. The molecule has 140 valence electrons. The minimum atomic E-state index is -2.50. The van der Waals surface area contributed by atoms with E-state index >= 15 is 0 Å². The molecule has 9 heteroatoms. The zero-order valence-electron chi connectivity index (χ0n) is 14.3. The van der Waals surface area contributed by atoms with Gasteiger partial charge in [0.25, 0.3) is 0 Å². The van der Waals surface area contributed by atoms with Crippen LogP contribution in [0.3, 0.4) is 0 Å². The van der Waals surface area contributed by atoms with E-state index in [2.05, 4.69) is 13.8 Å². The van der Waals surface area contributed by atoms with Crippen LogP contribution in [0.1, 0.15) is 52.4 Å². The average molecular weight is 495 g/mol. The van der Waals surface area contributed by atoms with Crippen LogP contribution >= 0.6 is 66.5 Å². The lowest BCUT2D eigenvalue weighted by atomic mass is 10.4. The molecule has 23 heavy (non-hydrogen) atoms. The van der Waals surface area contributed by atoms with Gasteiger partial charge in [0, 0.05) is 0 Å². The summed E-state index contributed by atoms with van der Waals surface area (Å²) in [6.07, 6.45) is 7.25. The fourth-order valence-corrected chi connectivity index (χ4v) is 13.0. The highest BCUT2D eigenvalue weighted by Crippen LogP contribution is 2.38. The Morgan fingerprint density at radius 2 is 0.783 bits per heavy atom. The van der Waals surface area contributed by atoms with Crippen LogP contribution in [-0.2, 0) is 0 Å². The third-order valence-corrected chi connectivity index (χ3v) is 15.4. The van der Waals surface area contributed by atoms with Crippen molar-refractivity contribution in [2.45, 2.75) is 88.6 Å². The molecule has 0 nitrogen and oxygen atoms in total. The molecule has 0 saturated carbocycles. The van der Waals surface area contributed by atoms with Crippen molar-refractivity contribution in [3.8, 4) is 0 Å². The SMILES string of the molecule is CCCC[Si](CCCC)(CCC[Si](Cl)(Cl)Cl)CCC[Si](Cl)(Cl)Cl. The quantitative estimate of drug-likeness (QED) is 0.167. The van der Waals surface area contributed by atoms with Gasteiger partial charge in [0.05, 0.1) is 8.07 Å². The van der Waals surface area contributed by atoms with E-state index < -0.39 is 20.1 Å². The van der Waals surface area contributed by atoms with Crippen molar-refractivity contribution < 1.29 is 0 Å². The van der Waals surface area contributed by atoms with Gasteiger partial charge in [-0.05, 0) is 12.1 Å². The first-order valence-electron chi connectivity index (χ1n) is 8.67. The smallest absolute Gasteiger partial charge is 0.126 e. The van der Waals surface area contributed by atoms with Gasteiger partial charge in [0.1, 0.15) is 0 Å². The first kappa shape index (κ1) is 25.4. The van der Waals surface area contributed by atoms with E-state index in [1.54, 1.807) is 0 Å². The van der Waals surface area contributed by atoms with E-state index in [-0.39, 0.29) is 0 Å². The third kappa shape index (κ3) is 15.2. The van der Waals surface area contributed by atoms with Crippen LogP contribution in [0.5, 0.6) is 0 Å². The van der Waals surface area contributed by atoms with E-state index in [0.29, 0.717) is 0 Å².